The molecule has 6 nitrogen and oxygen atoms in total. The number of sulfone groups is 1. The van der Waals surface area contributed by atoms with E-state index in [0.717, 1.165) is 0 Å². The van der Waals surface area contributed by atoms with Crippen molar-refractivity contribution in [2.75, 3.05) is 18.1 Å². The van der Waals surface area contributed by atoms with E-state index in [2.05, 4.69) is 4.72 Å². The van der Waals surface area contributed by atoms with Gasteiger partial charge < -0.3 is 5.73 Å². The Labute approximate surface area is 124 Å². The molecule has 0 atom stereocenters. The molecule has 0 saturated carbocycles. The molecule has 1 rings (SSSR count). The van der Waals surface area contributed by atoms with Crippen LogP contribution in [0.3, 0.4) is 0 Å². The summed E-state index contributed by atoms with van der Waals surface area (Å²) in [5.41, 5.74) is 5.98. The Kier molecular flexibility index (Phi) is 5.63. The van der Waals surface area contributed by atoms with E-state index in [1.807, 2.05) is 0 Å². The lowest BCUT2D eigenvalue weighted by atomic mass is 10.2. The highest BCUT2D eigenvalue weighted by Gasteiger charge is 2.15. The number of nitrogens with two attached hydrogens (primary N) is 1. The largest absolute Gasteiger partial charge is 0.389 e. The number of rotatable bonds is 7. The first kappa shape index (κ1) is 17.0. The molecule has 0 spiro atoms. The Morgan fingerprint density at radius 1 is 1.20 bits per heavy atom. The Bertz CT molecular complexity index is 679. The average molecular weight is 336 g/mol. The van der Waals surface area contributed by atoms with Crippen LogP contribution in [0, 0.1) is 0 Å². The molecule has 20 heavy (non-hydrogen) atoms. The van der Waals surface area contributed by atoms with Gasteiger partial charge in [0.25, 0.3) is 0 Å². The molecule has 0 unspecified atom stereocenters. The van der Waals surface area contributed by atoms with Gasteiger partial charge in [-0.05, 0) is 12.1 Å². The van der Waals surface area contributed by atoms with Gasteiger partial charge in [0.1, 0.15) is 4.99 Å². The van der Waals surface area contributed by atoms with Crippen LogP contribution in [0.5, 0.6) is 0 Å². The van der Waals surface area contributed by atoms with Crippen LogP contribution < -0.4 is 10.5 Å². The van der Waals surface area contributed by atoms with Gasteiger partial charge in [-0.1, -0.05) is 31.3 Å². The normalized spacial score (nSPS) is 12.2. The molecule has 0 aliphatic rings. The fraction of sp³-hybridized carbons (Fsp3) is 0.364. The second kappa shape index (κ2) is 6.61. The van der Waals surface area contributed by atoms with Gasteiger partial charge in [-0.2, -0.15) is 0 Å². The molecule has 1 aromatic rings. The van der Waals surface area contributed by atoms with Crippen LogP contribution in [0.4, 0.5) is 0 Å². The summed E-state index contributed by atoms with van der Waals surface area (Å²) < 4.78 is 48.6. The third-order valence-electron chi connectivity index (χ3n) is 2.59. The molecule has 0 saturated heterocycles. The summed E-state index contributed by atoms with van der Waals surface area (Å²) in [5.74, 6) is -0.245. The van der Waals surface area contributed by atoms with E-state index in [1.165, 1.54) is 31.2 Å². The highest BCUT2D eigenvalue weighted by molar-refractivity contribution is 7.91. The van der Waals surface area contributed by atoms with Crippen molar-refractivity contribution in [3.63, 3.8) is 0 Å². The summed E-state index contributed by atoms with van der Waals surface area (Å²) in [6.45, 7) is 1.35. The third-order valence-corrected chi connectivity index (χ3v) is 6.01. The maximum Gasteiger partial charge on any atom is 0.240 e. The van der Waals surface area contributed by atoms with Crippen molar-refractivity contribution < 1.29 is 16.8 Å². The number of hydrogen-bond acceptors (Lipinski definition) is 5. The van der Waals surface area contributed by atoms with Gasteiger partial charge >= 0.3 is 0 Å². The first-order valence-electron chi connectivity index (χ1n) is 5.78. The Balaban J connectivity index is 2.77. The fourth-order valence-electron chi connectivity index (χ4n) is 1.36. The van der Waals surface area contributed by atoms with Crippen LogP contribution >= 0.6 is 12.2 Å². The summed E-state index contributed by atoms with van der Waals surface area (Å²) in [4.78, 5) is 0.211. The van der Waals surface area contributed by atoms with E-state index >= 15 is 0 Å². The van der Waals surface area contributed by atoms with Crippen LogP contribution in [0.1, 0.15) is 12.5 Å². The summed E-state index contributed by atoms with van der Waals surface area (Å²) in [5, 5.41) is 0. The van der Waals surface area contributed by atoms with Crippen molar-refractivity contribution in [3.05, 3.63) is 29.8 Å². The smallest absolute Gasteiger partial charge is 0.240 e. The van der Waals surface area contributed by atoms with Crippen molar-refractivity contribution >= 4 is 37.1 Å². The van der Waals surface area contributed by atoms with Gasteiger partial charge in [-0.25, -0.2) is 21.6 Å². The predicted octanol–water partition coefficient (Wildman–Crippen LogP) is 0.0338. The fourth-order valence-corrected chi connectivity index (χ4v) is 3.36. The van der Waals surface area contributed by atoms with E-state index in [9.17, 15) is 16.8 Å². The number of thiocarbonyl (C=S) groups is 1. The van der Waals surface area contributed by atoms with E-state index in [1.54, 1.807) is 0 Å². The van der Waals surface area contributed by atoms with Gasteiger partial charge in [-0.3, -0.25) is 0 Å². The molecule has 0 amide bonds. The molecule has 1 aromatic carbocycles. The van der Waals surface area contributed by atoms with Crippen molar-refractivity contribution in [1.29, 1.82) is 0 Å². The molecule has 9 heteroatoms. The average Bonchev–Trinajstić information content (AvgIpc) is 2.38. The van der Waals surface area contributed by atoms with Crippen molar-refractivity contribution in [2.45, 2.75) is 11.8 Å². The number of benzene rings is 1. The SMILES string of the molecule is CCS(=O)(=O)CCNS(=O)(=O)c1ccc(C(N)=S)cc1. The molecule has 0 fully saturated rings. The highest BCUT2D eigenvalue weighted by atomic mass is 32.2. The Hall–Kier alpha value is -1.03. The number of nitrogens with one attached hydrogen (secondary N) is 1. The zero-order valence-electron chi connectivity index (χ0n) is 10.9. The molecule has 0 radical (unpaired) electrons. The van der Waals surface area contributed by atoms with Gasteiger partial charge in [0.15, 0.2) is 9.84 Å². The Morgan fingerprint density at radius 2 is 1.75 bits per heavy atom. The van der Waals surface area contributed by atoms with Crippen LogP contribution in [-0.2, 0) is 19.9 Å². The lowest BCUT2D eigenvalue weighted by Gasteiger charge is -2.07. The lowest BCUT2D eigenvalue weighted by Crippen LogP contribution is -2.29. The van der Waals surface area contributed by atoms with Gasteiger partial charge in [0.05, 0.1) is 10.6 Å². The highest BCUT2D eigenvalue weighted by Crippen LogP contribution is 2.10. The van der Waals surface area contributed by atoms with Crippen molar-refractivity contribution in [3.8, 4) is 0 Å². The first-order valence-corrected chi connectivity index (χ1v) is 9.49. The zero-order valence-corrected chi connectivity index (χ0v) is 13.3. The molecule has 0 aromatic heterocycles. The predicted molar refractivity (Wildman–Crippen MR) is 81.8 cm³/mol. The summed E-state index contributed by atoms with van der Waals surface area (Å²) in [6.07, 6.45) is 0. The van der Waals surface area contributed by atoms with E-state index in [4.69, 9.17) is 18.0 Å². The first-order chi connectivity index (χ1) is 9.18. The standard InChI is InChI=1S/C11H16N2O4S3/c1-2-19(14,15)8-7-13-20(16,17)10-5-3-9(4-6-10)11(12)18/h3-6,13H,2,7-8H2,1H3,(H2,12,18). The molecule has 112 valence electrons. The van der Waals surface area contributed by atoms with Crippen LogP contribution in [0.15, 0.2) is 29.2 Å². The number of sulfonamides is 1. The lowest BCUT2D eigenvalue weighted by molar-refractivity contribution is 0.581. The zero-order chi connectivity index (χ0) is 15.4. The molecular formula is C11H16N2O4S3. The van der Waals surface area contributed by atoms with E-state index < -0.39 is 19.9 Å². The monoisotopic (exact) mass is 336 g/mol. The van der Waals surface area contributed by atoms with Gasteiger partial charge in [0.2, 0.25) is 10.0 Å². The van der Waals surface area contributed by atoms with Crippen LogP contribution in [-0.4, -0.2) is 39.9 Å². The molecular weight excluding hydrogens is 320 g/mol. The van der Waals surface area contributed by atoms with Crippen molar-refractivity contribution in [1.82, 2.24) is 4.72 Å². The topological polar surface area (TPSA) is 106 Å². The maximum atomic E-state index is 11.9. The second-order valence-corrected chi connectivity index (χ2v) is 8.70. The molecule has 0 aliphatic carbocycles. The van der Waals surface area contributed by atoms with E-state index in [0.29, 0.717) is 5.56 Å². The quantitative estimate of drug-likeness (QED) is 0.681. The summed E-state index contributed by atoms with van der Waals surface area (Å²) >= 11 is 4.77. The Morgan fingerprint density at radius 3 is 2.20 bits per heavy atom. The second-order valence-electron chi connectivity index (χ2n) is 4.02. The molecule has 0 aliphatic heterocycles. The van der Waals surface area contributed by atoms with Gasteiger partial charge in [-0.15, -0.1) is 0 Å². The minimum Gasteiger partial charge on any atom is -0.389 e. The summed E-state index contributed by atoms with van der Waals surface area (Å²) in [6, 6.07) is 5.73. The third kappa shape index (κ3) is 4.82. The van der Waals surface area contributed by atoms with Gasteiger partial charge in [0, 0.05) is 17.9 Å². The molecule has 3 N–H and O–H groups in total. The van der Waals surface area contributed by atoms with Crippen molar-refractivity contribution in [2.24, 2.45) is 5.73 Å². The molecule has 0 bridgehead atoms. The van der Waals surface area contributed by atoms with Crippen LogP contribution in [0.2, 0.25) is 0 Å². The summed E-state index contributed by atoms with van der Waals surface area (Å²) in [7, 11) is -6.93. The minimum atomic E-state index is -3.73. The number of hydrogen-bond donors (Lipinski definition) is 2. The molecule has 0 heterocycles. The van der Waals surface area contributed by atoms with Crippen LogP contribution in [0.25, 0.3) is 0 Å². The minimum absolute atomic E-state index is 0.0165. The maximum absolute atomic E-state index is 11.9. The van der Waals surface area contributed by atoms with E-state index in [-0.39, 0.29) is 27.9 Å².